The van der Waals surface area contributed by atoms with Crippen LogP contribution in [-0.4, -0.2) is 37.4 Å². The lowest BCUT2D eigenvalue weighted by Gasteiger charge is -2.43. The zero-order valence-electron chi connectivity index (χ0n) is 14.8. The summed E-state index contributed by atoms with van der Waals surface area (Å²) in [5.41, 5.74) is 2.32. The second-order valence-electron chi connectivity index (χ2n) is 6.74. The maximum absolute atomic E-state index is 11.9. The van der Waals surface area contributed by atoms with Gasteiger partial charge >= 0.3 is 0 Å². The van der Waals surface area contributed by atoms with Crippen LogP contribution in [-0.2, 0) is 6.42 Å². The third-order valence-electron chi connectivity index (χ3n) is 4.93. The number of hydrogen-bond donors (Lipinski definition) is 0. The molecule has 3 rings (SSSR count). The second-order valence-corrected chi connectivity index (χ2v) is 8.69. The molecule has 0 spiro atoms. The fraction of sp³-hybridized carbons (Fsp3) is 0.421. The van der Waals surface area contributed by atoms with Crippen molar-refractivity contribution < 1.29 is 4.79 Å². The SMILES string of the molecule is CC(=O)c1cc2c(s1)CCN(c1ccc(Cl)c(Cl)c1)C2C(C)N(C)C. The predicted molar refractivity (Wildman–Crippen MR) is 108 cm³/mol. The van der Waals surface area contributed by atoms with E-state index in [1.165, 1.54) is 10.4 Å². The molecule has 25 heavy (non-hydrogen) atoms. The van der Waals surface area contributed by atoms with Crippen molar-refractivity contribution in [1.29, 1.82) is 0 Å². The number of carbonyl (C=O) groups is 1. The number of halogens is 2. The predicted octanol–water partition coefficient (Wildman–Crippen LogP) is 5.31. The molecular formula is C19H22Cl2N2OS. The first-order chi connectivity index (χ1) is 11.8. The molecule has 6 heteroatoms. The lowest BCUT2D eigenvalue weighted by atomic mass is 9.92. The van der Waals surface area contributed by atoms with E-state index in [9.17, 15) is 4.79 Å². The van der Waals surface area contributed by atoms with Gasteiger partial charge in [-0.1, -0.05) is 23.2 Å². The fourth-order valence-corrected chi connectivity index (χ4v) is 4.73. The van der Waals surface area contributed by atoms with Crippen molar-refractivity contribution in [2.75, 3.05) is 25.5 Å². The minimum Gasteiger partial charge on any atom is -0.362 e. The Kier molecular flexibility index (Phi) is 5.45. The topological polar surface area (TPSA) is 23.6 Å². The van der Waals surface area contributed by atoms with Gasteiger partial charge in [-0.25, -0.2) is 0 Å². The molecule has 1 aliphatic heterocycles. The summed E-state index contributed by atoms with van der Waals surface area (Å²) in [5.74, 6) is 0.136. The van der Waals surface area contributed by atoms with E-state index in [1.54, 1.807) is 18.3 Å². The van der Waals surface area contributed by atoms with E-state index in [4.69, 9.17) is 23.2 Å². The number of anilines is 1. The van der Waals surface area contributed by atoms with E-state index < -0.39 is 0 Å². The number of fused-ring (bicyclic) bond motifs is 1. The number of nitrogens with zero attached hydrogens (tertiary/aromatic N) is 2. The van der Waals surface area contributed by atoms with Crippen LogP contribution in [0.25, 0.3) is 0 Å². The molecule has 0 aliphatic carbocycles. The van der Waals surface area contributed by atoms with Gasteiger partial charge in [0.25, 0.3) is 0 Å². The minimum atomic E-state index is 0.136. The van der Waals surface area contributed by atoms with Crippen LogP contribution in [0.1, 0.15) is 40.0 Å². The summed E-state index contributed by atoms with van der Waals surface area (Å²) in [7, 11) is 4.18. The molecule has 0 bridgehead atoms. The molecule has 1 aliphatic rings. The van der Waals surface area contributed by atoms with Gasteiger partial charge in [-0.15, -0.1) is 11.3 Å². The van der Waals surface area contributed by atoms with Gasteiger partial charge in [0.05, 0.1) is 21.0 Å². The lowest BCUT2D eigenvalue weighted by Crippen LogP contribution is -2.45. The van der Waals surface area contributed by atoms with Crippen molar-refractivity contribution in [3.05, 3.63) is 49.6 Å². The molecule has 2 atom stereocenters. The van der Waals surface area contributed by atoms with E-state index in [0.717, 1.165) is 23.5 Å². The summed E-state index contributed by atoms with van der Waals surface area (Å²) in [5, 5.41) is 1.13. The summed E-state index contributed by atoms with van der Waals surface area (Å²) in [6, 6.07) is 8.33. The van der Waals surface area contributed by atoms with Gasteiger partial charge in [0.15, 0.2) is 5.78 Å². The zero-order valence-corrected chi connectivity index (χ0v) is 17.2. The van der Waals surface area contributed by atoms with Crippen molar-refractivity contribution in [3.8, 4) is 0 Å². The number of carbonyl (C=O) groups excluding carboxylic acids is 1. The quantitative estimate of drug-likeness (QED) is 0.653. The van der Waals surface area contributed by atoms with Gasteiger partial charge in [0.2, 0.25) is 0 Å². The van der Waals surface area contributed by atoms with Crippen molar-refractivity contribution in [1.82, 2.24) is 4.90 Å². The molecule has 1 aromatic heterocycles. The van der Waals surface area contributed by atoms with Gasteiger partial charge in [-0.2, -0.15) is 0 Å². The Morgan fingerprint density at radius 1 is 1.28 bits per heavy atom. The van der Waals surface area contributed by atoms with Crippen LogP contribution in [0.2, 0.25) is 10.0 Å². The number of hydrogen-bond acceptors (Lipinski definition) is 4. The van der Waals surface area contributed by atoms with Crippen LogP contribution < -0.4 is 4.90 Å². The largest absolute Gasteiger partial charge is 0.362 e. The molecule has 134 valence electrons. The molecule has 2 aromatic rings. The summed E-state index contributed by atoms with van der Waals surface area (Å²) in [6.45, 7) is 4.75. The molecule has 0 amide bonds. The number of ketones is 1. The number of rotatable bonds is 4. The first-order valence-electron chi connectivity index (χ1n) is 8.31. The van der Waals surface area contributed by atoms with Crippen LogP contribution in [0, 0.1) is 0 Å². The Morgan fingerprint density at radius 2 is 2.00 bits per heavy atom. The molecule has 0 radical (unpaired) electrons. The smallest absolute Gasteiger partial charge is 0.169 e. The number of likely N-dealkylation sites (N-methyl/N-ethyl adjacent to an activating group) is 1. The van der Waals surface area contributed by atoms with Crippen molar-refractivity contribution in [2.45, 2.75) is 32.4 Å². The lowest BCUT2D eigenvalue weighted by molar-refractivity contribution is 0.102. The highest BCUT2D eigenvalue weighted by Gasteiger charge is 2.35. The monoisotopic (exact) mass is 396 g/mol. The van der Waals surface area contributed by atoms with Gasteiger partial charge in [-0.05, 0) is 64.2 Å². The number of Topliss-reactive ketones (excluding diaryl/α,β-unsaturated/α-hetero) is 1. The Balaban J connectivity index is 2.08. The third-order valence-corrected chi connectivity index (χ3v) is 6.98. The highest BCUT2D eigenvalue weighted by atomic mass is 35.5. The highest BCUT2D eigenvalue weighted by molar-refractivity contribution is 7.14. The molecule has 0 fully saturated rings. The van der Waals surface area contributed by atoms with Crippen LogP contribution >= 0.6 is 34.5 Å². The highest BCUT2D eigenvalue weighted by Crippen LogP contribution is 2.42. The Bertz CT molecular complexity index is 803. The third kappa shape index (κ3) is 3.59. The van der Waals surface area contributed by atoms with E-state index in [-0.39, 0.29) is 17.9 Å². The fourth-order valence-electron chi connectivity index (χ4n) is 3.35. The van der Waals surface area contributed by atoms with Crippen molar-refractivity contribution in [3.63, 3.8) is 0 Å². The zero-order chi connectivity index (χ0) is 18.3. The van der Waals surface area contributed by atoms with Crippen LogP contribution in [0.5, 0.6) is 0 Å². The maximum atomic E-state index is 11.9. The molecule has 0 saturated heterocycles. The number of benzene rings is 1. The first kappa shape index (κ1) is 18.7. The second kappa shape index (κ2) is 7.28. The standard InChI is InChI=1S/C19H22Cl2N2OS/c1-11(22(3)4)19-14-10-18(12(2)24)25-17(14)7-8-23(19)13-5-6-15(20)16(21)9-13/h5-6,9-11,19H,7-8H2,1-4H3. The molecule has 2 heterocycles. The van der Waals surface area contributed by atoms with Crippen LogP contribution in [0.3, 0.4) is 0 Å². The van der Waals surface area contributed by atoms with Crippen molar-refractivity contribution >= 4 is 46.0 Å². The minimum absolute atomic E-state index is 0.136. The summed E-state index contributed by atoms with van der Waals surface area (Å²) >= 11 is 14.0. The van der Waals surface area contributed by atoms with Crippen LogP contribution in [0.15, 0.2) is 24.3 Å². The van der Waals surface area contributed by atoms with Gasteiger partial charge in [-0.3, -0.25) is 4.79 Å². The van der Waals surface area contributed by atoms with E-state index in [1.807, 2.05) is 18.2 Å². The Morgan fingerprint density at radius 3 is 2.60 bits per heavy atom. The van der Waals surface area contributed by atoms with E-state index in [0.29, 0.717) is 10.0 Å². The first-order valence-corrected chi connectivity index (χ1v) is 9.88. The average Bonchev–Trinajstić information content (AvgIpc) is 3.00. The van der Waals surface area contributed by atoms with E-state index >= 15 is 0 Å². The Hall–Kier alpha value is -1.07. The van der Waals surface area contributed by atoms with Gasteiger partial charge in [0, 0.05) is 23.2 Å². The summed E-state index contributed by atoms with van der Waals surface area (Å²) in [4.78, 5) is 18.6. The normalized spacial score (nSPS) is 18.4. The summed E-state index contributed by atoms with van der Waals surface area (Å²) < 4.78 is 0. The van der Waals surface area contributed by atoms with Gasteiger partial charge in [0.1, 0.15) is 0 Å². The van der Waals surface area contributed by atoms with Crippen molar-refractivity contribution in [2.24, 2.45) is 0 Å². The molecule has 0 N–H and O–H groups in total. The van der Waals surface area contributed by atoms with Gasteiger partial charge < -0.3 is 9.80 Å². The molecule has 2 unspecified atom stereocenters. The maximum Gasteiger partial charge on any atom is 0.169 e. The van der Waals surface area contributed by atoms with E-state index in [2.05, 4.69) is 36.9 Å². The molecule has 1 aromatic carbocycles. The molecular weight excluding hydrogens is 375 g/mol. The summed E-state index contributed by atoms with van der Waals surface area (Å²) in [6.07, 6.45) is 0.935. The molecule has 3 nitrogen and oxygen atoms in total. The average molecular weight is 397 g/mol. The Labute approximate surface area is 163 Å². The van der Waals surface area contributed by atoms with Crippen LogP contribution in [0.4, 0.5) is 5.69 Å². The number of thiophene rings is 1. The molecule has 0 saturated carbocycles.